The van der Waals surface area contributed by atoms with Gasteiger partial charge in [0.2, 0.25) is 0 Å². The van der Waals surface area contributed by atoms with Crippen LogP contribution in [0.5, 0.6) is 0 Å². The number of hydrogen-bond donors (Lipinski definition) is 0. The molecule has 42 heavy (non-hydrogen) atoms. The van der Waals surface area contributed by atoms with Crippen molar-refractivity contribution in [2.24, 2.45) is 0 Å². The summed E-state index contributed by atoms with van der Waals surface area (Å²) in [4.78, 5) is 0. The maximum absolute atomic E-state index is 9.85. The van der Waals surface area contributed by atoms with E-state index in [1.165, 1.54) is 0 Å². The van der Waals surface area contributed by atoms with Crippen LogP contribution in [0.15, 0.2) is 170 Å². The lowest BCUT2D eigenvalue weighted by Crippen LogP contribution is -1.92. The molecule has 0 saturated carbocycles. The maximum Gasteiger partial charge on any atom is 0.0636 e. The lowest BCUT2D eigenvalue weighted by molar-refractivity contribution is 1.61. The lowest BCUT2D eigenvalue weighted by Gasteiger charge is -2.19. The lowest BCUT2D eigenvalue weighted by atomic mass is 9.84. The van der Waals surface area contributed by atoms with Gasteiger partial charge < -0.3 is 0 Å². The van der Waals surface area contributed by atoms with Crippen molar-refractivity contribution in [3.63, 3.8) is 0 Å². The van der Waals surface area contributed by atoms with E-state index < -0.39 is 0 Å². The van der Waals surface area contributed by atoms with Gasteiger partial charge in [-0.25, -0.2) is 0 Å². The van der Waals surface area contributed by atoms with Crippen LogP contribution in [-0.4, -0.2) is 0 Å². The molecule has 0 heterocycles. The van der Waals surface area contributed by atoms with Gasteiger partial charge in [-0.3, -0.25) is 0 Å². The molecule has 0 atom stereocenters. The minimum Gasteiger partial charge on any atom is -0.0622 e. The first-order valence-electron chi connectivity index (χ1n) is 17.5. The maximum atomic E-state index is 9.85. The van der Waals surface area contributed by atoms with Crippen molar-refractivity contribution in [2.75, 3.05) is 0 Å². The minimum absolute atomic E-state index is 0.0277. The van der Waals surface area contributed by atoms with Crippen LogP contribution in [0, 0.1) is 0 Å². The van der Waals surface area contributed by atoms with Crippen molar-refractivity contribution in [3.8, 4) is 44.5 Å². The van der Waals surface area contributed by atoms with Crippen LogP contribution < -0.4 is 0 Å². The molecule has 0 fully saturated rings. The highest BCUT2D eigenvalue weighted by Crippen LogP contribution is 2.45. The zero-order valence-corrected chi connectivity index (χ0v) is 22.6. The van der Waals surface area contributed by atoms with E-state index in [2.05, 4.69) is 0 Å². The standard InChI is InChI=1S/C42H28/c1-3-12-29(13-4-1)33-18-11-19-36(27-33)42-38-21-10-9-20-37(38)41(31-15-5-2-6-16-31)40-28-35(24-25-39(40)42)34-23-22-30-14-7-8-17-32(30)26-34/h1-28H/i9D,10D,20D,21D,24D,25D,28D. The molecule has 0 bridgehead atoms. The third kappa shape index (κ3) is 4.17. The number of benzene rings is 8. The van der Waals surface area contributed by atoms with Gasteiger partial charge in [0.1, 0.15) is 0 Å². The summed E-state index contributed by atoms with van der Waals surface area (Å²) in [6.07, 6.45) is 0. The van der Waals surface area contributed by atoms with Crippen molar-refractivity contribution < 1.29 is 9.60 Å². The molecule has 0 aliphatic carbocycles. The highest BCUT2D eigenvalue weighted by atomic mass is 14.2. The van der Waals surface area contributed by atoms with E-state index in [1.54, 1.807) is 0 Å². The average Bonchev–Trinajstić information content (AvgIpc) is 3.15. The van der Waals surface area contributed by atoms with Crippen molar-refractivity contribution >= 4 is 32.3 Å². The first-order valence-corrected chi connectivity index (χ1v) is 14.0. The molecule has 0 amide bonds. The number of hydrogen-bond acceptors (Lipinski definition) is 0. The number of fused-ring (bicyclic) bond motifs is 3. The van der Waals surface area contributed by atoms with E-state index in [4.69, 9.17) is 2.74 Å². The summed E-state index contributed by atoms with van der Waals surface area (Å²) >= 11 is 0. The van der Waals surface area contributed by atoms with Crippen LogP contribution in [0.25, 0.3) is 76.8 Å². The smallest absolute Gasteiger partial charge is 0.0622 e. The van der Waals surface area contributed by atoms with Gasteiger partial charge in [0, 0.05) is 0 Å². The SMILES string of the molecule is [2H]c1c([2H])c([2H])c2c(-c3ccccc3)c3c([2H])c(-c4ccc5ccccc5c4)c([2H])c([2H])c3c(-c3cccc(-c4ccccc4)c3)c2c1[2H]. The van der Waals surface area contributed by atoms with Gasteiger partial charge in [0.25, 0.3) is 0 Å². The molecule has 0 radical (unpaired) electrons. The van der Waals surface area contributed by atoms with Gasteiger partial charge in [-0.05, 0) is 95.0 Å². The third-order valence-corrected chi connectivity index (χ3v) is 7.86. The Balaban J connectivity index is 1.62. The van der Waals surface area contributed by atoms with Crippen molar-refractivity contribution in [1.82, 2.24) is 0 Å². The summed E-state index contributed by atoms with van der Waals surface area (Å²) in [5, 5.41) is 3.17. The van der Waals surface area contributed by atoms with Gasteiger partial charge in [-0.15, -0.1) is 0 Å². The van der Waals surface area contributed by atoms with Gasteiger partial charge in [0.15, 0.2) is 0 Å². The fourth-order valence-electron chi connectivity index (χ4n) is 5.87. The highest BCUT2D eigenvalue weighted by molar-refractivity contribution is 6.22. The van der Waals surface area contributed by atoms with Crippen LogP contribution in [0.4, 0.5) is 0 Å². The van der Waals surface area contributed by atoms with Crippen LogP contribution in [0.2, 0.25) is 0 Å². The second-order valence-corrected chi connectivity index (χ2v) is 10.4. The zero-order chi connectivity index (χ0) is 34.0. The van der Waals surface area contributed by atoms with E-state index >= 15 is 0 Å². The predicted molar refractivity (Wildman–Crippen MR) is 181 cm³/mol. The Hall–Kier alpha value is -5.46. The van der Waals surface area contributed by atoms with Crippen molar-refractivity contribution in [1.29, 1.82) is 0 Å². The molecule has 0 aliphatic rings. The highest BCUT2D eigenvalue weighted by Gasteiger charge is 2.18. The molecule has 8 aromatic carbocycles. The molecular weight excluding hydrogens is 504 g/mol. The van der Waals surface area contributed by atoms with Gasteiger partial charge in [-0.1, -0.05) is 152 Å². The Labute approximate surface area is 256 Å². The minimum atomic E-state index is -0.382. The Kier molecular flexibility index (Phi) is 4.38. The largest absolute Gasteiger partial charge is 0.0636 e. The second kappa shape index (κ2) is 10.2. The molecule has 0 aliphatic heterocycles. The van der Waals surface area contributed by atoms with Crippen LogP contribution in [0.3, 0.4) is 0 Å². The van der Waals surface area contributed by atoms with Crippen LogP contribution >= 0.6 is 0 Å². The normalized spacial score (nSPS) is 13.7. The fraction of sp³-hybridized carbons (Fsp3) is 0. The molecular formula is C42H28. The summed E-state index contributed by atoms with van der Waals surface area (Å²) in [5.41, 5.74) is 4.92. The summed E-state index contributed by atoms with van der Waals surface area (Å²) < 4.78 is 64.9. The van der Waals surface area contributed by atoms with Crippen molar-refractivity contribution in [3.05, 3.63) is 170 Å². The molecule has 0 N–H and O–H groups in total. The van der Waals surface area contributed by atoms with E-state index in [0.29, 0.717) is 44.2 Å². The molecule has 196 valence electrons. The molecule has 0 saturated heterocycles. The van der Waals surface area contributed by atoms with Crippen LogP contribution in [0.1, 0.15) is 9.60 Å². The Morgan fingerprint density at radius 2 is 0.905 bits per heavy atom. The molecule has 8 rings (SSSR count). The Morgan fingerprint density at radius 3 is 1.67 bits per heavy atom. The van der Waals surface area contributed by atoms with E-state index in [0.717, 1.165) is 21.9 Å². The van der Waals surface area contributed by atoms with Crippen LogP contribution in [-0.2, 0) is 0 Å². The quantitative estimate of drug-likeness (QED) is 0.195. The molecule has 0 heteroatoms. The Morgan fingerprint density at radius 1 is 0.333 bits per heavy atom. The first kappa shape index (κ1) is 18.1. The topological polar surface area (TPSA) is 0 Å². The van der Waals surface area contributed by atoms with E-state index in [1.807, 2.05) is 127 Å². The second-order valence-electron chi connectivity index (χ2n) is 10.4. The molecule has 0 spiro atoms. The molecule has 8 aromatic rings. The molecule has 0 unspecified atom stereocenters. The van der Waals surface area contributed by atoms with Gasteiger partial charge in [0.05, 0.1) is 9.60 Å². The molecule has 0 aromatic heterocycles. The first-order chi connectivity index (χ1) is 23.8. The van der Waals surface area contributed by atoms with Gasteiger partial charge in [-0.2, -0.15) is 0 Å². The predicted octanol–water partition coefficient (Wildman–Crippen LogP) is 11.8. The average molecular weight is 540 g/mol. The molecule has 0 nitrogen and oxygen atoms in total. The third-order valence-electron chi connectivity index (χ3n) is 7.86. The summed E-state index contributed by atoms with van der Waals surface area (Å²) in [5.74, 6) is 0. The van der Waals surface area contributed by atoms with E-state index in [-0.39, 0.29) is 53.1 Å². The summed E-state index contributed by atoms with van der Waals surface area (Å²) in [7, 11) is 0. The monoisotopic (exact) mass is 539 g/mol. The number of rotatable bonds is 4. The fourth-order valence-corrected chi connectivity index (χ4v) is 5.87. The van der Waals surface area contributed by atoms with Gasteiger partial charge >= 0.3 is 0 Å². The Bertz CT molecular complexity index is 2610. The van der Waals surface area contributed by atoms with E-state index in [9.17, 15) is 6.85 Å². The van der Waals surface area contributed by atoms with Crippen molar-refractivity contribution in [2.45, 2.75) is 0 Å². The summed E-state index contributed by atoms with van der Waals surface area (Å²) in [6.45, 7) is 0. The zero-order valence-electron chi connectivity index (χ0n) is 29.6. The summed E-state index contributed by atoms with van der Waals surface area (Å²) in [6, 6.07) is 39.0.